The highest BCUT2D eigenvalue weighted by Crippen LogP contribution is 2.35. The number of H-pyrrole nitrogens is 1. The van der Waals surface area contributed by atoms with E-state index in [4.69, 9.17) is 19.9 Å². The number of carbonyl (C=O) groups excluding carboxylic acids is 1. The van der Waals surface area contributed by atoms with Gasteiger partial charge < -0.3 is 24.9 Å². The second-order valence-electron chi connectivity index (χ2n) is 9.05. The molecule has 1 aromatic heterocycles. The highest BCUT2D eigenvalue weighted by Gasteiger charge is 2.22. The maximum absolute atomic E-state index is 12.5. The van der Waals surface area contributed by atoms with Crippen LogP contribution in [0.1, 0.15) is 34.6 Å². The predicted molar refractivity (Wildman–Crippen MR) is 140 cm³/mol. The summed E-state index contributed by atoms with van der Waals surface area (Å²) in [6.45, 7) is 4.01. The molecule has 2 unspecified atom stereocenters. The fourth-order valence-electron chi connectivity index (χ4n) is 4.74. The summed E-state index contributed by atoms with van der Waals surface area (Å²) >= 11 is 0. The van der Waals surface area contributed by atoms with Crippen LogP contribution >= 0.6 is 0 Å². The smallest absolute Gasteiger partial charge is 0.411 e. The second-order valence-corrected chi connectivity index (χ2v) is 9.05. The summed E-state index contributed by atoms with van der Waals surface area (Å²) in [5.74, 6) is 0.780. The van der Waals surface area contributed by atoms with Gasteiger partial charge in [0.25, 0.3) is 0 Å². The number of benzene rings is 3. The Morgan fingerprint density at radius 2 is 2.00 bits per heavy atom. The lowest BCUT2D eigenvalue weighted by molar-refractivity contribution is 0.141. The second kappa shape index (κ2) is 10.8. The minimum Gasteiger partial charge on any atom is -0.488 e. The number of rotatable bonds is 8. The molecule has 1 aliphatic rings. The average molecular weight is 486 g/mol. The molecule has 1 saturated heterocycles. The van der Waals surface area contributed by atoms with Gasteiger partial charge in [0.05, 0.1) is 13.2 Å². The number of aromatic amines is 1. The standard InChI is InChI=1S/C29H31N3O4/c1-19-23(8-5-9-27(19)32-29(33)35-17-20-6-3-2-4-7-20)25(15-30)26-16-31-28-14-21(10-11-24(26)28)36-22-12-13-34-18-22/h2-11,14,16,22,25,31H,12-13,15,17-18,30H2,1H3,(H,32,33). The van der Waals surface area contributed by atoms with E-state index in [1.54, 1.807) is 0 Å². The molecule has 0 aliphatic carbocycles. The van der Waals surface area contributed by atoms with Crippen molar-refractivity contribution in [3.63, 3.8) is 0 Å². The van der Waals surface area contributed by atoms with Crippen LogP contribution in [0.2, 0.25) is 0 Å². The lowest BCUT2D eigenvalue weighted by Crippen LogP contribution is -2.18. The van der Waals surface area contributed by atoms with Gasteiger partial charge in [-0.1, -0.05) is 42.5 Å². The Bertz CT molecular complexity index is 1330. The molecule has 1 aliphatic heterocycles. The summed E-state index contributed by atoms with van der Waals surface area (Å²) in [4.78, 5) is 15.8. The molecule has 4 N–H and O–H groups in total. The zero-order chi connectivity index (χ0) is 24.9. The van der Waals surface area contributed by atoms with Gasteiger partial charge in [-0.05, 0) is 47.4 Å². The molecule has 3 aromatic carbocycles. The normalized spacial score (nSPS) is 16.1. The summed E-state index contributed by atoms with van der Waals surface area (Å²) < 4.78 is 16.9. The third-order valence-corrected chi connectivity index (χ3v) is 6.69. The molecule has 0 bridgehead atoms. The van der Waals surface area contributed by atoms with Crippen LogP contribution in [0, 0.1) is 6.92 Å². The van der Waals surface area contributed by atoms with Crippen LogP contribution < -0.4 is 15.8 Å². The van der Waals surface area contributed by atoms with Crippen molar-refractivity contribution in [2.75, 3.05) is 25.1 Å². The van der Waals surface area contributed by atoms with Gasteiger partial charge in [0.1, 0.15) is 18.5 Å². The molecule has 0 saturated carbocycles. The predicted octanol–water partition coefficient (Wildman–Crippen LogP) is 5.48. The fraction of sp³-hybridized carbons (Fsp3) is 0.276. The van der Waals surface area contributed by atoms with Gasteiger partial charge >= 0.3 is 6.09 Å². The van der Waals surface area contributed by atoms with E-state index < -0.39 is 6.09 Å². The minimum absolute atomic E-state index is 0.0455. The van der Waals surface area contributed by atoms with Crippen LogP contribution in [0.15, 0.2) is 72.9 Å². The van der Waals surface area contributed by atoms with Gasteiger partial charge in [0.15, 0.2) is 0 Å². The van der Waals surface area contributed by atoms with Crippen molar-refractivity contribution in [3.05, 3.63) is 95.2 Å². The molecule has 1 fully saturated rings. The van der Waals surface area contributed by atoms with E-state index >= 15 is 0 Å². The summed E-state index contributed by atoms with van der Waals surface area (Å²) in [6, 6.07) is 21.6. The van der Waals surface area contributed by atoms with E-state index in [9.17, 15) is 4.79 Å². The van der Waals surface area contributed by atoms with Crippen molar-refractivity contribution in [1.82, 2.24) is 4.98 Å². The number of hydrogen-bond donors (Lipinski definition) is 3. The van der Waals surface area contributed by atoms with Gasteiger partial charge in [-0.3, -0.25) is 5.32 Å². The van der Waals surface area contributed by atoms with Crippen LogP contribution in [0.4, 0.5) is 10.5 Å². The summed E-state index contributed by atoms with van der Waals surface area (Å²) in [5, 5.41) is 3.99. The number of nitrogens with two attached hydrogens (primary N) is 1. The molecule has 1 amide bonds. The van der Waals surface area contributed by atoms with Gasteiger partial charge in [-0.25, -0.2) is 4.79 Å². The highest BCUT2D eigenvalue weighted by atomic mass is 16.6. The van der Waals surface area contributed by atoms with E-state index in [2.05, 4.69) is 22.4 Å². The number of ether oxygens (including phenoxy) is 3. The van der Waals surface area contributed by atoms with E-state index in [0.717, 1.165) is 51.9 Å². The summed E-state index contributed by atoms with van der Waals surface area (Å²) in [7, 11) is 0. The number of anilines is 1. The molecule has 0 radical (unpaired) electrons. The molecule has 4 aromatic rings. The lowest BCUT2D eigenvalue weighted by atomic mass is 9.87. The molecular formula is C29H31N3O4. The maximum Gasteiger partial charge on any atom is 0.411 e. The lowest BCUT2D eigenvalue weighted by Gasteiger charge is -2.20. The van der Waals surface area contributed by atoms with Gasteiger partial charge in [0, 0.05) is 47.7 Å². The number of aromatic nitrogens is 1. The van der Waals surface area contributed by atoms with E-state index in [1.807, 2.05) is 67.7 Å². The monoisotopic (exact) mass is 485 g/mol. The van der Waals surface area contributed by atoms with Crippen LogP contribution in [0.25, 0.3) is 10.9 Å². The van der Waals surface area contributed by atoms with Crippen molar-refractivity contribution in [1.29, 1.82) is 0 Å². The van der Waals surface area contributed by atoms with Gasteiger partial charge in [-0.15, -0.1) is 0 Å². The minimum atomic E-state index is -0.490. The van der Waals surface area contributed by atoms with E-state index in [1.165, 1.54) is 0 Å². The number of fused-ring (bicyclic) bond motifs is 1. The quantitative estimate of drug-likeness (QED) is 0.307. The Morgan fingerprint density at radius 3 is 2.78 bits per heavy atom. The zero-order valence-corrected chi connectivity index (χ0v) is 20.3. The fourth-order valence-corrected chi connectivity index (χ4v) is 4.74. The third kappa shape index (κ3) is 5.22. The maximum atomic E-state index is 12.5. The van der Waals surface area contributed by atoms with Crippen LogP contribution in [0.3, 0.4) is 0 Å². The Hall–Kier alpha value is -3.81. The first-order chi connectivity index (χ1) is 17.6. The molecule has 7 nitrogen and oxygen atoms in total. The molecule has 2 heterocycles. The van der Waals surface area contributed by atoms with E-state index in [-0.39, 0.29) is 18.6 Å². The number of nitrogens with one attached hydrogen (secondary N) is 2. The van der Waals surface area contributed by atoms with Crippen molar-refractivity contribution in [2.45, 2.75) is 32.0 Å². The third-order valence-electron chi connectivity index (χ3n) is 6.69. The Morgan fingerprint density at radius 1 is 1.14 bits per heavy atom. The molecule has 36 heavy (non-hydrogen) atoms. The Kier molecular flexibility index (Phi) is 7.21. The molecule has 7 heteroatoms. The number of amides is 1. The van der Waals surface area contributed by atoms with Crippen LogP contribution in [-0.4, -0.2) is 36.9 Å². The largest absolute Gasteiger partial charge is 0.488 e. The Labute approximate surface area is 210 Å². The average Bonchev–Trinajstić information content (AvgIpc) is 3.56. The molecular weight excluding hydrogens is 454 g/mol. The first-order valence-electron chi connectivity index (χ1n) is 12.2. The molecule has 186 valence electrons. The number of hydrogen-bond acceptors (Lipinski definition) is 5. The van der Waals surface area contributed by atoms with Crippen molar-refractivity contribution >= 4 is 22.7 Å². The van der Waals surface area contributed by atoms with Crippen LogP contribution in [0.5, 0.6) is 5.75 Å². The molecule has 2 atom stereocenters. The van der Waals surface area contributed by atoms with Gasteiger partial charge in [0.2, 0.25) is 0 Å². The van der Waals surface area contributed by atoms with Crippen LogP contribution in [-0.2, 0) is 16.1 Å². The summed E-state index contributed by atoms with van der Waals surface area (Å²) in [6.07, 6.45) is 2.53. The van der Waals surface area contributed by atoms with Crippen molar-refractivity contribution in [3.8, 4) is 5.75 Å². The first kappa shape index (κ1) is 23.9. The zero-order valence-electron chi connectivity index (χ0n) is 20.3. The first-order valence-corrected chi connectivity index (χ1v) is 12.2. The van der Waals surface area contributed by atoms with Crippen molar-refractivity contribution in [2.24, 2.45) is 5.73 Å². The highest BCUT2D eigenvalue weighted by molar-refractivity contribution is 5.87. The Balaban J connectivity index is 1.33. The topological polar surface area (TPSA) is 98.6 Å². The van der Waals surface area contributed by atoms with Crippen molar-refractivity contribution < 1.29 is 19.0 Å². The van der Waals surface area contributed by atoms with E-state index in [0.29, 0.717) is 18.8 Å². The molecule has 5 rings (SSSR count). The summed E-state index contributed by atoms with van der Waals surface area (Å²) in [5.41, 5.74) is 12.1. The SMILES string of the molecule is Cc1c(NC(=O)OCc2ccccc2)cccc1C(CN)c1c[nH]c2cc(OC3CCOC3)ccc12. The van der Waals surface area contributed by atoms with Gasteiger partial charge in [-0.2, -0.15) is 0 Å². The number of carbonyl (C=O) groups is 1. The molecule has 0 spiro atoms.